The highest BCUT2D eigenvalue weighted by molar-refractivity contribution is 5.88. The van der Waals surface area contributed by atoms with Crippen molar-refractivity contribution in [3.8, 4) is 0 Å². The molecule has 1 aliphatic carbocycles. The minimum atomic E-state index is -0.858. The molecule has 0 radical (unpaired) electrons. The highest BCUT2D eigenvalue weighted by Gasteiger charge is 2.24. The van der Waals surface area contributed by atoms with Crippen LogP contribution >= 0.6 is 0 Å². The van der Waals surface area contributed by atoms with Crippen LogP contribution in [0.3, 0.4) is 0 Å². The monoisotopic (exact) mass is 361 g/mol. The van der Waals surface area contributed by atoms with Crippen molar-refractivity contribution in [3.63, 3.8) is 0 Å². The summed E-state index contributed by atoms with van der Waals surface area (Å²) in [6, 6.07) is 15.3. The van der Waals surface area contributed by atoms with Gasteiger partial charge in [-0.3, -0.25) is 9.59 Å². The zero-order chi connectivity index (χ0) is 18.8. The third-order valence-electron chi connectivity index (χ3n) is 4.73. The van der Waals surface area contributed by atoms with Gasteiger partial charge < -0.3 is 14.8 Å². The minimum absolute atomic E-state index is 0.0137. The number of aliphatic carboxylic acids is 1. The van der Waals surface area contributed by atoms with Gasteiger partial charge in [-0.15, -0.1) is 0 Å². The van der Waals surface area contributed by atoms with E-state index in [1.807, 2.05) is 30.3 Å². The van der Waals surface area contributed by atoms with Crippen molar-refractivity contribution in [2.45, 2.75) is 19.3 Å². The van der Waals surface area contributed by atoms with Gasteiger partial charge in [0.05, 0.1) is 11.8 Å². The Kier molecular flexibility index (Phi) is 4.50. The van der Waals surface area contributed by atoms with Gasteiger partial charge in [0.1, 0.15) is 11.3 Å². The van der Waals surface area contributed by atoms with Crippen LogP contribution in [0, 0.1) is 0 Å². The molecule has 5 nitrogen and oxygen atoms in total. The number of fused-ring (bicyclic) bond motifs is 2. The zero-order valence-corrected chi connectivity index (χ0v) is 14.7. The van der Waals surface area contributed by atoms with Crippen LogP contribution in [0.5, 0.6) is 0 Å². The number of hydrogen-bond acceptors (Lipinski definition) is 4. The summed E-state index contributed by atoms with van der Waals surface area (Å²) in [4.78, 5) is 23.5. The Morgan fingerprint density at radius 3 is 2.74 bits per heavy atom. The Morgan fingerprint density at radius 1 is 1.15 bits per heavy atom. The quantitative estimate of drug-likeness (QED) is 0.713. The Morgan fingerprint density at radius 2 is 1.96 bits per heavy atom. The summed E-state index contributed by atoms with van der Waals surface area (Å²) in [6.45, 7) is 0.315. The van der Waals surface area contributed by atoms with E-state index in [-0.39, 0.29) is 11.8 Å². The lowest BCUT2D eigenvalue weighted by molar-refractivity contribution is -0.136. The van der Waals surface area contributed by atoms with Crippen molar-refractivity contribution >= 4 is 34.3 Å². The van der Waals surface area contributed by atoms with E-state index in [0.29, 0.717) is 29.7 Å². The Hall–Kier alpha value is -3.34. The molecule has 27 heavy (non-hydrogen) atoms. The molecule has 0 atom stereocenters. The summed E-state index contributed by atoms with van der Waals surface area (Å²) >= 11 is 0. The van der Waals surface area contributed by atoms with Gasteiger partial charge in [0.2, 0.25) is 0 Å². The molecule has 0 aliphatic heterocycles. The summed E-state index contributed by atoms with van der Waals surface area (Å²) < 4.78 is 6.11. The van der Waals surface area contributed by atoms with E-state index in [2.05, 4.69) is 11.4 Å². The molecule has 0 amide bonds. The molecule has 0 saturated heterocycles. The largest absolute Gasteiger partial charge is 0.481 e. The van der Waals surface area contributed by atoms with E-state index < -0.39 is 5.97 Å². The van der Waals surface area contributed by atoms with Gasteiger partial charge in [0.25, 0.3) is 0 Å². The summed E-state index contributed by atoms with van der Waals surface area (Å²) in [5.74, 6) is -0.192. The molecule has 0 unspecified atom stereocenters. The van der Waals surface area contributed by atoms with Gasteiger partial charge in [-0.1, -0.05) is 30.3 Å². The second kappa shape index (κ2) is 7.11. The number of carbonyl (C=O) groups is 1. The Balaban J connectivity index is 1.72. The van der Waals surface area contributed by atoms with Crippen molar-refractivity contribution < 1.29 is 14.3 Å². The molecule has 3 aromatic rings. The van der Waals surface area contributed by atoms with Gasteiger partial charge in [-0.25, -0.2) is 0 Å². The third kappa shape index (κ3) is 3.49. The number of carboxylic acids is 1. The first-order chi connectivity index (χ1) is 13.1. The summed E-state index contributed by atoms with van der Waals surface area (Å²) in [7, 11) is 0. The normalized spacial score (nSPS) is 14.4. The van der Waals surface area contributed by atoms with Crippen LogP contribution in [0.25, 0.3) is 22.6 Å². The highest BCUT2D eigenvalue weighted by atomic mass is 16.4. The van der Waals surface area contributed by atoms with Crippen LogP contribution in [0.2, 0.25) is 0 Å². The second-order valence-corrected chi connectivity index (χ2v) is 6.60. The van der Waals surface area contributed by atoms with Crippen LogP contribution in [-0.4, -0.2) is 17.6 Å². The first-order valence-corrected chi connectivity index (χ1v) is 8.93. The number of benzene rings is 2. The first kappa shape index (κ1) is 17.1. The molecule has 5 heteroatoms. The smallest absolute Gasteiger partial charge is 0.305 e. The van der Waals surface area contributed by atoms with Gasteiger partial charge in [-0.2, -0.15) is 0 Å². The van der Waals surface area contributed by atoms with Crippen LogP contribution < -0.4 is 10.7 Å². The van der Waals surface area contributed by atoms with Crippen molar-refractivity contribution in [1.82, 2.24) is 0 Å². The minimum Gasteiger partial charge on any atom is -0.481 e. The molecule has 2 aromatic carbocycles. The van der Waals surface area contributed by atoms with Gasteiger partial charge in [0.15, 0.2) is 5.43 Å². The number of anilines is 1. The molecule has 0 fully saturated rings. The van der Waals surface area contributed by atoms with Gasteiger partial charge in [-0.05, 0) is 42.2 Å². The maximum absolute atomic E-state index is 12.8. The molecule has 0 saturated carbocycles. The maximum Gasteiger partial charge on any atom is 0.305 e. The van der Waals surface area contributed by atoms with Crippen LogP contribution in [-0.2, 0) is 11.2 Å². The number of carboxylic acid groups (broad SMARTS) is 1. The highest BCUT2D eigenvalue weighted by Crippen LogP contribution is 2.34. The summed E-state index contributed by atoms with van der Waals surface area (Å²) in [5, 5.41) is 12.4. The fourth-order valence-electron chi connectivity index (χ4n) is 3.40. The maximum atomic E-state index is 12.8. The van der Waals surface area contributed by atoms with Crippen molar-refractivity contribution in [2.24, 2.45) is 0 Å². The molecule has 2 N–H and O–H groups in total. The summed E-state index contributed by atoms with van der Waals surface area (Å²) in [6.07, 6.45) is 3.56. The van der Waals surface area contributed by atoms with Crippen molar-refractivity contribution in [1.29, 1.82) is 0 Å². The first-order valence-electron chi connectivity index (χ1n) is 8.93. The molecule has 1 heterocycles. The van der Waals surface area contributed by atoms with E-state index in [4.69, 9.17) is 9.52 Å². The van der Waals surface area contributed by atoms with Crippen molar-refractivity contribution in [2.75, 3.05) is 11.9 Å². The SMILES string of the molecule is O=C(O)CCNc1ccc2c(=O)c3c(oc2c1)C(=Cc1ccccc1)CC3. The molecule has 1 aromatic heterocycles. The predicted molar refractivity (Wildman–Crippen MR) is 106 cm³/mol. The molecule has 136 valence electrons. The van der Waals surface area contributed by atoms with Crippen LogP contribution in [0.4, 0.5) is 5.69 Å². The summed E-state index contributed by atoms with van der Waals surface area (Å²) in [5.41, 5.74) is 4.10. The lowest BCUT2D eigenvalue weighted by atomic mass is 10.1. The molecule has 0 bridgehead atoms. The topological polar surface area (TPSA) is 79.5 Å². The van der Waals surface area contributed by atoms with Crippen LogP contribution in [0.1, 0.15) is 29.7 Å². The number of hydrogen-bond donors (Lipinski definition) is 2. The number of rotatable bonds is 5. The number of nitrogens with one attached hydrogen (secondary N) is 1. The zero-order valence-electron chi connectivity index (χ0n) is 14.7. The van der Waals surface area contributed by atoms with E-state index in [1.165, 1.54) is 0 Å². The molecule has 4 rings (SSSR count). The molecular weight excluding hydrogens is 342 g/mol. The lowest BCUT2D eigenvalue weighted by Crippen LogP contribution is -2.10. The fourth-order valence-corrected chi connectivity index (χ4v) is 3.40. The third-order valence-corrected chi connectivity index (χ3v) is 4.73. The standard InChI is InChI=1S/C22H19NO4/c24-20(25)10-11-23-16-7-9-17-19(13-16)27-22-15(6-8-18(22)21(17)26)12-14-4-2-1-3-5-14/h1-5,7,9,12-13,23H,6,8,10-11H2,(H,24,25). The molecular formula is C22H19NO4. The Labute approximate surface area is 156 Å². The van der Waals surface area contributed by atoms with E-state index >= 15 is 0 Å². The van der Waals surface area contributed by atoms with Crippen molar-refractivity contribution in [3.05, 3.63) is 75.6 Å². The Bertz CT molecular complexity index is 1100. The molecule has 0 spiro atoms. The average molecular weight is 361 g/mol. The lowest BCUT2D eigenvalue weighted by Gasteiger charge is -2.08. The second-order valence-electron chi connectivity index (χ2n) is 6.60. The van der Waals surface area contributed by atoms with E-state index in [0.717, 1.165) is 28.8 Å². The van der Waals surface area contributed by atoms with Gasteiger partial charge in [0, 0.05) is 23.9 Å². The van der Waals surface area contributed by atoms with E-state index in [1.54, 1.807) is 18.2 Å². The predicted octanol–water partition coefficient (Wildman–Crippen LogP) is 4.17. The number of allylic oxidation sites excluding steroid dienone is 1. The van der Waals surface area contributed by atoms with E-state index in [9.17, 15) is 9.59 Å². The van der Waals surface area contributed by atoms with Crippen LogP contribution in [0.15, 0.2) is 57.7 Å². The molecule has 1 aliphatic rings. The fraction of sp³-hybridized carbons (Fsp3) is 0.182. The average Bonchev–Trinajstić information content (AvgIpc) is 3.05. The van der Waals surface area contributed by atoms with Gasteiger partial charge >= 0.3 is 5.97 Å².